The van der Waals surface area contributed by atoms with Crippen LogP contribution in [0.3, 0.4) is 0 Å². The first kappa shape index (κ1) is 8.65. The first-order valence-corrected chi connectivity index (χ1v) is 5.28. The van der Waals surface area contributed by atoms with E-state index >= 15 is 0 Å². The number of alkyl halides is 1. The van der Waals surface area contributed by atoms with E-state index in [4.69, 9.17) is 0 Å². The van der Waals surface area contributed by atoms with Crippen molar-refractivity contribution in [1.82, 2.24) is 4.90 Å². The van der Waals surface area contributed by atoms with Crippen molar-refractivity contribution < 1.29 is 14.3 Å². The van der Waals surface area contributed by atoms with Crippen LogP contribution in [0.4, 0.5) is 4.39 Å². The summed E-state index contributed by atoms with van der Waals surface area (Å²) in [5, 5.41) is 9.51. The fourth-order valence-electron chi connectivity index (χ4n) is 2.76. The molecule has 4 heteroatoms. The number of amides is 1. The van der Waals surface area contributed by atoms with E-state index in [1.54, 1.807) is 4.90 Å². The highest BCUT2D eigenvalue weighted by Crippen LogP contribution is 2.46. The van der Waals surface area contributed by atoms with Gasteiger partial charge >= 0.3 is 0 Å². The lowest BCUT2D eigenvalue weighted by Gasteiger charge is -2.30. The molecule has 0 radical (unpaired) electrons. The second-order valence-corrected chi connectivity index (χ2v) is 4.88. The number of halogens is 1. The minimum absolute atomic E-state index is 0.107. The molecule has 1 saturated heterocycles. The second kappa shape index (κ2) is 2.48. The maximum absolute atomic E-state index is 13.5. The van der Waals surface area contributed by atoms with Gasteiger partial charge in [0, 0.05) is 18.5 Å². The standard InChI is InChI=1S/C10H14FNO2/c11-10(1-2-10)9(14)12-5-6-3-7(12)4-8(6)13/h6-8,13H,1-5H2/t6-,7-,8+/m1/s1. The zero-order valence-electron chi connectivity index (χ0n) is 7.95. The summed E-state index contributed by atoms with van der Waals surface area (Å²) in [7, 11) is 0. The zero-order chi connectivity index (χ0) is 9.92. The number of hydrogen-bond donors (Lipinski definition) is 1. The largest absolute Gasteiger partial charge is 0.393 e. The van der Waals surface area contributed by atoms with E-state index in [2.05, 4.69) is 0 Å². The number of aliphatic hydroxyl groups excluding tert-OH is 1. The molecule has 0 unspecified atom stereocenters. The first-order valence-electron chi connectivity index (χ1n) is 5.28. The molecule has 2 aliphatic carbocycles. The number of likely N-dealkylation sites (tertiary alicyclic amines) is 1. The fraction of sp³-hybridized carbons (Fsp3) is 0.900. The molecule has 1 amide bonds. The molecule has 0 aromatic heterocycles. The normalized spacial score (nSPS) is 43.0. The molecule has 3 atom stereocenters. The van der Waals surface area contributed by atoms with Gasteiger partial charge in [-0.1, -0.05) is 0 Å². The third kappa shape index (κ3) is 1.03. The van der Waals surface area contributed by atoms with Crippen LogP contribution in [-0.2, 0) is 4.79 Å². The van der Waals surface area contributed by atoms with Crippen molar-refractivity contribution >= 4 is 5.91 Å². The summed E-state index contributed by atoms with van der Waals surface area (Å²) in [6.45, 7) is 0.566. The fourth-order valence-corrected chi connectivity index (χ4v) is 2.76. The molecule has 78 valence electrons. The lowest BCUT2D eigenvalue weighted by Crippen LogP contribution is -2.45. The molecule has 0 aromatic rings. The van der Waals surface area contributed by atoms with E-state index in [1.165, 1.54) is 0 Å². The minimum atomic E-state index is -1.53. The molecule has 1 N–H and O–H groups in total. The Morgan fingerprint density at radius 3 is 2.57 bits per heavy atom. The summed E-state index contributed by atoms with van der Waals surface area (Å²) in [4.78, 5) is 13.4. The van der Waals surface area contributed by atoms with Crippen molar-refractivity contribution in [2.75, 3.05) is 6.54 Å². The lowest BCUT2D eigenvalue weighted by molar-refractivity contribution is -0.140. The molecule has 2 bridgehead atoms. The van der Waals surface area contributed by atoms with E-state index in [0.29, 0.717) is 25.8 Å². The quantitative estimate of drug-likeness (QED) is 0.667. The number of hydrogen-bond acceptors (Lipinski definition) is 2. The van der Waals surface area contributed by atoms with E-state index in [-0.39, 0.29) is 24.0 Å². The van der Waals surface area contributed by atoms with Crippen LogP contribution in [-0.4, -0.2) is 40.3 Å². The molecule has 3 aliphatic rings. The Labute approximate surface area is 81.9 Å². The number of carbonyl (C=O) groups excluding carboxylic acids is 1. The maximum Gasteiger partial charge on any atom is 0.260 e. The van der Waals surface area contributed by atoms with Crippen molar-refractivity contribution in [2.24, 2.45) is 5.92 Å². The van der Waals surface area contributed by atoms with Crippen LogP contribution in [0.2, 0.25) is 0 Å². The lowest BCUT2D eigenvalue weighted by atomic mass is 10.1. The molecule has 1 heterocycles. The molecule has 2 saturated carbocycles. The molecule has 0 aromatic carbocycles. The highest BCUT2D eigenvalue weighted by atomic mass is 19.1. The van der Waals surface area contributed by atoms with Gasteiger partial charge in [0.05, 0.1) is 6.10 Å². The van der Waals surface area contributed by atoms with Gasteiger partial charge in [0.15, 0.2) is 5.67 Å². The van der Waals surface area contributed by atoms with Crippen LogP contribution in [0, 0.1) is 5.92 Å². The molecular formula is C10H14FNO2. The smallest absolute Gasteiger partial charge is 0.260 e. The molecule has 14 heavy (non-hydrogen) atoms. The average Bonchev–Trinajstić information content (AvgIpc) is 2.64. The Balaban J connectivity index is 1.74. The summed E-state index contributed by atoms with van der Waals surface area (Å²) in [5.74, 6) is -0.122. The average molecular weight is 199 g/mol. The summed E-state index contributed by atoms with van der Waals surface area (Å²) in [6, 6.07) is 0.107. The van der Waals surface area contributed by atoms with Crippen LogP contribution in [0.5, 0.6) is 0 Å². The van der Waals surface area contributed by atoms with E-state index in [0.717, 1.165) is 6.42 Å². The van der Waals surface area contributed by atoms with Crippen LogP contribution < -0.4 is 0 Å². The molecule has 0 spiro atoms. The molecule has 1 aliphatic heterocycles. The van der Waals surface area contributed by atoms with Crippen LogP contribution in [0.15, 0.2) is 0 Å². The third-order valence-corrected chi connectivity index (χ3v) is 3.84. The Morgan fingerprint density at radius 1 is 1.43 bits per heavy atom. The van der Waals surface area contributed by atoms with Gasteiger partial charge in [0.25, 0.3) is 5.91 Å². The van der Waals surface area contributed by atoms with E-state index in [1.807, 2.05) is 0 Å². The second-order valence-electron chi connectivity index (χ2n) is 4.88. The molecule has 3 fully saturated rings. The van der Waals surface area contributed by atoms with E-state index < -0.39 is 5.67 Å². The predicted molar refractivity (Wildman–Crippen MR) is 47.3 cm³/mol. The number of aliphatic hydroxyl groups is 1. The number of nitrogens with zero attached hydrogens (tertiary/aromatic N) is 1. The highest BCUT2D eigenvalue weighted by molar-refractivity contribution is 5.88. The van der Waals surface area contributed by atoms with Crippen LogP contribution >= 0.6 is 0 Å². The van der Waals surface area contributed by atoms with Gasteiger partial charge in [0.2, 0.25) is 0 Å². The zero-order valence-corrected chi connectivity index (χ0v) is 7.95. The van der Waals surface area contributed by atoms with Gasteiger partial charge in [-0.25, -0.2) is 4.39 Å². The topological polar surface area (TPSA) is 40.5 Å². The van der Waals surface area contributed by atoms with Gasteiger partial charge in [-0.05, 0) is 25.7 Å². The summed E-state index contributed by atoms with van der Waals surface area (Å²) >= 11 is 0. The molecular weight excluding hydrogens is 185 g/mol. The maximum atomic E-state index is 13.5. The monoisotopic (exact) mass is 199 g/mol. The minimum Gasteiger partial charge on any atom is -0.393 e. The van der Waals surface area contributed by atoms with Crippen molar-refractivity contribution in [3.63, 3.8) is 0 Å². The van der Waals surface area contributed by atoms with Crippen LogP contribution in [0.1, 0.15) is 25.7 Å². The van der Waals surface area contributed by atoms with Crippen molar-refractivity contribution in [1.29, 1.82) is 0 Å². The molecule has 3 rings (SSSR count). The van der Waals surface area contributed by atoms with Gasteiger partial charge in [-0.15, -0.1) is 0 Å². The highest BCUT2D eigenvalue weighted by Gasteiger charge is 2.57. The van der Waals surface area contributed by atoms with Crippen molar-refractivity contribution in [2.45, 2.75) is 43.5 Å². The SMILES string of the molecule is O=C(N1C[C@H]2C[C@@H]1C[C@@H]2O)C1(F)CC1. The third-order valence-electron chi connectivity index (χ3n) is 3.84. The summed E-state index contributed by atoms with van der Waals surface area (Å²) < 4.78 is 13.5. The van der Waals surface area contributed by atoms with Crippen molar-refractivity contribution in [3.05, 3.63) is 0 Å². The Bertz CT molecular complexity index is 288. The van der Waals surface area contributed by atoms with Gasteiger partial charge < -0.3 is 10.0 Å². The summed E-state index contributed by atoms with van der Waals surface area (Å²) in [5.41, 5.74) is -1.53. The van der Waals surface area contributed by atoms with Gasteiger partial charge in [-0.3, -0.25) is 4.79 Å². The van der Waals surface area contributed by atoms with Gasteiger partial charge in [-0.2, -0.15) is 0 Å². The first-order chi connectivity index (χ1) is 6.60. The summed E-state index contributed by atoms with van der Waals surface area (Å²) in [6.07, 6.45) is 2.03. The number of fused-ring (bicyclic) bond motifs is 2. The number of piperidine rings is 1. The number of carbonyl (C=O) groups is 1. The van der Waals surface area contributed by atoms with Crippen molar-refractivity contribution in [3.8, 4) is 0 Å². The predicted octanol–water partition coefficient (Wildman–Crippen LogP) is 0.470. The van der Waals surface area contributed by atoms with Gasteiger partial charge in [0.1, 0.15) is 0 Å². The Hall–Kier alpha value is -0.640. The van der Waals surface area contributed by atoms with Crippen LogP contribution in [0.25, 0.3) is 0 Å². The molecule has 3 nitrogen and oxygen atoms in total. The Morgan fingerprint density at radius 2 is 2.14 bits per heavy atom. The Kier molecular flexibility index (Phi) is 1.53. The van der Waals surface area contributed by atoms with E-state index in [9.17, 15) is 14.3 Å². The number of rotatable bonds is 1.